The molecule has 3 nitrogen and oxygen atoms in total. The van der Waals surface area contributed by atoms with Crippen LogP contribution in [-0.4, -0.2) is 10.8 Å². The minimum atomic E-state index is 0.277. The van der Waals surface area contributed by atoms with Crippen LogP contribution in [-0.2, 0) is 0 Å². The lowest BCUT2D eigenvalue weighted by atomic mass is 10.2. The minimum absolute atomic E-state index is 0.277. The summed E-state index contributed by atoms with van der Waals surface area (Å²) in [5, 5.41) is 0. The van der Waals surface area contributed by atoms with Crippen LogP contribution in [0.5, 0.6) is 0 Å². The predicted molar refractivity (Wildman–Crippen MR) is 55.1 cm³/mol. The van der Waals surface area contributed by atoms with E-state index >= 15 is 0 Å². The van der Waals surface area contributed by atoms with E-state index in [1.165, 1.54) is 0 Å². The first-order valence-electron chi connectivity index (χ1n) is 4.36. The van der Waals surface area contributed by atoms with E-state index in [0.717, 1.165) is 11.3 Å². The smallest absolute Gasteiger partial charge is 0.102 e. The zero-order valence-electron chi connectivity index (χ0n) is 8.28. The van der Waals surface area contributed by atoms with Crippen LogP contribution in [0.2, 0.25) is 0 Å². The number of nitrogens with two attached hydrogens (primary N) is 1. The van der Waals surface area contributed by atoms with Crippen LogP contribution >= 0.6 is 0 Å². The maximum Gasteiger partial charge on any atom is 0.102 e. The summed E-state index contributed by atoms with van der Waals surface area (Å²) in [6.45, 7) is 6.03. The van der Waals surface area contributed by atoms with E-state index in [9.17, 15) is 0 Å². The highest BCUT2D eigenvalue weighted by atomic mass is 14.9. The highest BCUT2D eigenvalue weighted by molar-refractivity contribution is 5.85. The van der Waals surface area contributed by atoms with Crippen molar-refractivity contribution in [3.05, 3.63) is 24.0 Å². The third-order valence-electron chi connectivity index (χ3n) is 1.85. The molecule has 0 fully saturated rings. The molecule has 0 bridgehead atoms. The second-order valence-electron chi connectivity index (χ2n) is 3.35. The quantitative estimate of drug-likeness (QED) is 0.555. The highest BCUT2D eigenvalue weighted by Gasteiger charge is 2.00. The summed E-state index contributed by atoms with van der Waals surface area (Å²) in [6.07, 6.45) is 3.48. The van der Waals surface area contributed by atoms with Crippen LogP contribution < -0.4 is 5.73 Å². The molecular weight excluding hydrogens is 162 g/mol. The Morgan fingerprint density at radius 3 is 2.77 bits per heavy atom. The van der Waals surface area contributed by atoms with E-state index in [4.69, 9.17) is 5.73 Å². The Morgan fingerprint density at radius 2 is 2.23 bits per heavy atom. The Kier molecular flexibility index (Phi) is 3.01. The summed E-state index contributed by atoms with van der Waals surface area (Å²) in [4.78, 5) is 8.29. The Balaban J connectivity index is 2.97. The lowest BCUT2D eigenvalue weighted by molar-refractivity contribution is 0.872. The van der Waals surface area contributed by atoms with Gasteiger partial charge >= 0.3 is 0 Å². The summed E-state index contributed by atoms with van der Waals surface area (Å²) in [5.74, 6) is 0.927. The number of rotatable bonds is 2. The third-order valence-corrected chi connectivity index (χ3v) is 1.85. The molecule has 2 N–H and O–H groups in total. The van der Waals surface area contributed by atoms with E-state index in [-0.39, 0.29) is 5.92 Å². The second kappa shape index (κ2) is 4.03. The van der Waals surface area contributed by atoms with Crippen molar-refractivity contribution in [1.82, 2.24) is 4.98 Å². The lowest BCUT2D eigenvalue weighted by Gasteiger charge is -2.04. The number of aryl methyl sites for hydroxylation is 1. The van der Waals surface area contributed by atoms with E-state index < -0.39 is 0 Å². The normalized spacial score (nSPS) is 12.2. The number of amidine groups is 1. The molecule has 0 spiro atoms. The minimum Gasteiger partial charge on any atom is -0.387 e. The third kappa shape index (κ3) is 2.54. The van der Waals surface area contributed by atoms with Crippen molar-refractivity contribution in [1.29, 1.82) is 0 Å². The summed E-state index contributed by atoms with van der Waals surface area (Å²) in [5.41, 5.74) is 7.69. The molecule has 0 aromatic carbocycles. The van der Waals surface area contributed by atoms with Gasteiger partial charge in [0.05, 0.1) is 11.9 Å². The van der Waals surface area contributed by atoms with Crippen molar-refractivity contribution in [2.24, 2.45) is 16.6 Å². The fourth-order valence-corrected chi connectivity index (χ4v) is 0.841. The number of pyridine rings is 1. The molecule has 0 saturated carbocycles. The monoisotopic (exact) mass is 177 g/mol. The summed E-state index contributed by atoms with van der Waals surface area (Å²) < 4.78 is 0. The largest absolute Gasteiger partial charge is 0.387 e. The van der Waals surface area contributed by atoms with Gasteiger partial charge in [-0.1, -0.05) is 13.8 Å². The molecule has 13 heavy (non-hydrogen) atoms. The van der Waals surface area contributed by atoms with Gasteiger partial charge in [0, 0.05) is 12.1 Å². The van der Waals surface area contributed by atoms with Gasteiger partial charge in [-0.15, -0.1) is 0 Å². The molecule has 0 amide bonds. The van der Waals surface area contributed by atoms with E-state index in [0.29, 0.717) is 5.84 Å². The molecule has 0 aliphatic heterocycles. The molecule has 1 heterocycles. The average molecular weight is 177 g/mol. The van der Waals surface area contributed by atoms with Gasteiger partial charge in [-0.3, -0.25) is 4.98 Å². The second-order valence-corrected chi connectivity index (χ2v) is 3.35. The maximum atomic E-state index is 5.74. The van der Waals surface area contributed by atoms with Gasteiger partial charge in [-0.05, 0) is 18.6 Å². The molecule has 0 saturated heterocycles. The van der Waals surface area contributed by atoms with Crippen molar-refractivity contribution in [3.63, 3.8) is 0 Å². The van der Waals surface area contributed by atoms with Crippen molar-refractivity contribution in [2.45, 2.75) is 20.8 Å². The number of aromatic nitrogens is 1. The van der Waals surface area contributed by atoms with Gasteiger partial charge in [0.2, 0.25) is 0 Å². The number of aliphatic imine (C=N–C) groups is 1. The SMILES string of the molecule is Cc1ccncc1N=C(N)C(C)C. The Bertz CT molecular complexity index is 316. The molecule has 0 radical (unpaired) electrons. The first-order chi connectivity index (χ1) is 6.11. The number of nitrogens with zero attached hydrogens (tertiary/aromatic N) is 2. The Hall–Kier alpha value is -1.38. The molecule has 1 rings (SSSR count). The van der Waals surface area contributed by atoms with Crippen LogP contribution in [0, 0.1) is 12.8 Å². The lowest BCUT2D eigenvalue weighted by Crippen LogP contribution is -2.18. The number of hydrogen-bond donors (Lipinski definition) is 1. The molecule has 3 heteroatoms. The van der Waals surface area contributed by atoms with Crippen LogP contribution in [0.15, 0.2) is 23.5 Å². The Labute approximate surface area is 78.7 Å². The van der Waals surface area contributed by atoms with Gasteiger partial charge in [-0.25, -0.2) is 4.99 Å². The summed E-state index contributed by atoms with van der Waals surface area (Å²) in [6, 6.07) is 1.92. The van der Waals surface area contributed by atoms with Crippen molar-refractivity contribution in [2.75, 3.05) is 0 Å². The van der Waals surface area contributed by atoms with E-state index in [1.807, 2.05) is 26.8 Å². The van der Waals surface area contributed by atoms with Crippen molar-refractivity contribution < 1.29 is 0 Å². The Morgan fingerprint density at radius 1 is 1.54 bits per heavy atom. The van der Waals surface area contributed by atoms with Gasteiger partial charge in [0.25, 0.3) is 0 Å². The van der Waals surface area contributed by atoms with Crippen LogP contribution in [0.4, 0.5) is 5.69 Å². The van der Waals surface area contributed by atoms with Crippen molar-refractivity contribution in [3.8, 4) is 0 Å². The van der Waals surface area contributed by atoms with E-state index in [1.54, 1.807) is 12.4 Å². The van der Waals surface area contributed by atoms with Crippen LogP contribution in [0.3, 0.4) is 0 Å². The highest BCUT2D eigenvalue weighted by Crippen LogP contribution is 2.16. The topological polar surface area (TPSA) is 51.3 Å². The zero-order valence-corrected chi connectivity index (χ0v) is 8.28. The summed E-state index contributed by atoms with van der Waals surface area (Å²) in [7, 11) is 0. The summed E-state index contributed by atoms with van der Waals surface area (Å²) >= 11 is 0. The fourth-order valence-electron chi connectivity index (χ4n) is 0.841. The maximum absolute atomic E-state index is 5.74. The molecule has 1 aromatic heterocycles. The molecule has 70 valence electrons. The molecule has 0 unspecified atom stereocenters. The van der Waals surface area contributed by atoms with Gasteiger partial charge in [0.15, 0.2) is 0 Å². The molecule has 0 aliphatic rings. The average Bonchev–Trinajstić information content (AvgIpc) is 2.08. The van der Waals surface area contributed by atoms with Crippen LogP contribution in [0.1, 0.15) is 19.4 Å². The molecule has 1 aromatic rings. The fraction of sp³-hybridized carbons (Fsp3) is 0.400. The van der Waals surface area contributed by atoms with Gasteiger partial charge in [-0.2, -0.15) is 0 Å². The zero-order chi connectivity index (χ0) is 9.84. The molecular formula is C10H15N3. The first kappa shape index (κ1) is 9.71. The predicted octanol–water partition coefficient (Wildman–Crippen LogP) is 2.03. The van der Waals surface area contributed by atoms with E-state index in [2.05, 4.69) is 9.98 Å². The first-order valence-corrected chi connectivity index (χ1v) is 4.36. The molecule has 0 aliphatic carbocycles. The van der Waals surface area contributed by atoms with Gasteiger partial charge < -0.3 is 5.73 Å². The van der Waals surface area contributed by atoms with Crippen LogP contribution in [0.25, 0.3) is 0 Å². The van der Waals surface area contributed by atoms with Gasteiger partial charge in [0.1, 0.15) is 5.84 Å². The standard InChI is InChI=1S/C10H15N3/c1-7(2)10(11)13-9-6-12-5-4-8(9)3/h4-7H,1-3H3,(H2,11,13). The molecule has 0 atom stereocenters. The van der Waals surface area contributed by atoms with Crippen molar-refractivity contribution >= 4 is 11.5 Å². The number of hydrogen-bond acceptors (Lipinski definition) is 2.